The van der Waals surface area contributed by atoms with Crippen molar-refractivity contribution < 1.29 is 15.0 Å². The number of nitrogens with zero attached hydrogens (tertiary/aromatic N) is 2. The second kappa shape index (κ2) is 3.68. The van der Waals surface area contributed by atoms with Crippen LogP contribution in [0.1, 0.15) is 31.4 Å². The van der Waals surface area contributed by atoms with Gasteiger partial charge in [-0.1, -0.05) is 0 Å². The van der Waals surface area contributed by atoms with E-state index in [1.54, 1.807) is 5.51 Å². The molecule has 0 saturated carbocycles. The van der Waals surface area contributed by atoms with Crippen LogP contribution in [0, 0.1) is 0 Å². The number of hydrogen-bond acceptors (Lipinski definition) is 4. The van der Waals surface area contributed by atoms with Crippen LogP contribution in [0.5, 0.6) is 0 Å². The maximum atomic E-state index is 11.1. The third kappa shape index (κ3) is 1.63. The van der Waals surface area contributed by atoms with Crippen molar-refractivity contribution in [1.29, 1.82) is 0 Å². The second-order valence-corrected chi connectivity index (χ2v) is 5.61. The predicted molar refractivity (Wildman–Crippen MR) is 61.9 cm³/mol. The maximum Gasteiger partial charge on any atom is 0.407 e. The lowest BCUT2D eigenvalue weighted by atomic mass is 9.84. The van der Waals surface area contributed by atoms with Crippen molar-refractivity contribution in [3.05, 3.63) is 16.6 Å². The number of carbonyl (C=O) groups is 1. The summed E-state index contributed by atoms with van der Waals surface area (Å²) >= 11 is 1.46. The third-order valence-corrected chi connectivity index (χ3v) is 4.48. The fourth-order valence-electron chi connectivity index (χ4n) is 3.19. The average Bonchev–Trinajstić information content (AvgIpc) is 2.86. The molecule has 0 aliphatic carbocycles. The summed E-state index contributed by atoms with van der Waals surface area (Å²) in [6, 6.07) is -0.115. The molecule has 6 heteroatoms. The monoisotopic (exact) mass is 254 g/mol. The highest BCUT2D eigenvalue weighted by molar-refractivity contribution is 7.07. The molecule has 0 spiro atoms. The Morgan fingerprint density at radius 2 is 2.12 bits per heavy atom. The molecule has 2 fully saturated rings. The molecule has 92 valence electrons. The lowest BCUT2D eigenvalue weighted by Crippen LogP contribution is -2.51. The zero-order chi connectivity index (χ0) is 12.0. The zero-order valence-electron chi connectivity index (χ0n) is 9.24. The van der Waals surface area contributed by atoms with Crippen LogP contribution in [0.25, 0.3) is 0 Å². The lowest BCUT2D eigenvalue weighted by molar-refractivity contribution is -0.0518. The van der Waals surface area contributed by atoms with E-state index in [0.29, 0.717) is 18.5 Å². The Morgan fingerprint density at radius 3 is 2.59 bits per heavy atom. The number of fused-ring (bicyclic) bond motifs is 2. The molecule has 2 saturated heterocycles. The number of amides is 1. The van der Waals surface area contributed by atoms with Crippen molar-refractivity contribution in [2.24, 2.45) is 0 Å². The minimum absolute atomic E-state index is 0.0575. The Kier molecular flexibility index (Phi) is 2.38. The SMILES string of the molecule is O=C(O)N1C2CCC1CC(O)(c1cscn1)C2. The number of aliphatic hydroxyl groups is 1. The summed E-state index contributed by atoms with van der Waals surface area (Å²) in [5.74, 6) is 0. The summed E-state index contributed by atoms with van der Waals surface area (Å²) < 4.78 is 0. The topological polar surface area (TPSA) is 73.7 Å². The molecule has 0 aromatic carbocycles. The van der Waals surface area contributed by atoms with Crippen molar-refractivity contribution >= 4 is 17.4 Å². The van der Waals surface area contributed by atoms with Crippen molar-refractivity contribution in [1.82, 2.24) is 9.88 Å². The van der Waals surface area contributed by atoms with Gasteiger partial charge in [0.25, 0.3) is 0 Å². The molecule has 3 rings (SSSR count). The third-order valence-electron chi connectivity index (χ3n) is 3.90. The molecule has 2 atom stereocenters. The Balaban J connectivity index is 1.89. The van der Waals surface area contributed by atoms with Crippen LogP contribution in [0.4, 0.5) is 4.79 Å². The van der Waals surface area contributed by atoms with Gasteiger partial charge in [0, 0.05) is 30.3 Å². The van der Waals surface area contributed by atoms with Gasteiger partial charge in [-0.05, 0) is 12.8 Å². The summed E-state index contributed by atoms with van der Waals surface area (Å²) in [6.45, 7) is 0. The van der Waals surface area contributed by atoms with Gasteiger partial charge in [0.2, 0.25) is 0 Å². The molecule has 2 N–H and O–H groups in total. The molecule has 2 aliphatic heterocycles. The lowest BCUT2D eigenvalue weighted by Gasteiger charge is -2.41. The van der Waals surface area contributed by atoms with E-state index in [-0.39, 0.29) is 12.1 Å². The Hall–Kier alpha value is -1.14. The first-order chi connectivity index (χ1) is 8.10. The summed E-state index contributed by atoms with van der Waals surface area (Å²) in [6.07, 6.45) is 1.78. The van der Waals surface area contributed by atoms with Crippen LogP contribution in [0.15, 0.2) is 10.9 Å². The van der Waals surface area contributed by atoms with Crippen LogP contribution in [-0.4, -0.2) is 38.3 Å². The number of piperidine rings is 1. The fraction of sp³-hybridized carbons (Fsp3) is 0.636. The minimum Gasteiger partial charge on any atom is -0.465 e. The molecule has 2 aliphatic rings. The first-order valence-corrected chi connectivity index (χ1v) is 6.67. The summed E-state index contributed by atoms with van der Waals surface area (Å²) in [5, 5.41) is 21.6. The maximum absolute atomic E-state index is 11.1. The predicted octanol–water partition coefficient (Wildman–Crippen LogP) is 1.64. The number of rotatable bonds is 1. The summed E-state index contributed by atoms with van der Waals surface area (Å²) in [7, 11) is 0. The van der Waals surface area contributed by atoms with Gasteiger partial charge in [-0.2, -0.15) is 0 Å². The van der Waals surface area contributed by atoms with Crippen LogP contribution in [0.2, 0.25) is 0 Å². The van der Waals surface area contributed by atoms with Gasteiger partial charge in [0.15, 0.2) is 0 Å². The molecule has 1 aromatic heterocycles. The molecule has 2 bridgehead atoms. The van der Waals surface area contributed by atoms with E-state index in [1.165, 1.54) is 16.2 Å². The quantitative estimate of drug-likeness (QED) is 0.799. The number of hydrogen-bond donors (Lipinski definition) is 2. The van der Waals surface area contributed by atoms with E-state index in [4.69, 9.17) is 5.11 Å². The molecule has 1 aromatic rings. The second-order valence-electron chi connectivity index (χ2n) is 4.89. The molecule has 3 heterocycles. The van der Waals surface area contributed by atoms with Gasteiger partial charge < -0.3 is 15.1 Å². The van der Waals surface area contributed by atoms with Gasteiger partial charge in [-0.15, -0.1) is 11.3 Å². The number of carboxylic acid groups (broad SMARTS) is 1. The normalized spacial score (nSPS) is 36.2. The zero-order valence-corrected chi connectivity index (χ0v) is 10.1. The molecular weight excluding hydrogens is 240 g/mol. The molecular formula is C11H14N2O3S. The minimum atomic E-state index is -0.933. The van der Waals surface area contributed by atoms with E-state index >= 15 is 0 Å². The Labute approximate surface area is 103 Å². The van der Waals surface area contributed by atoms with Crippen molar-refractivity contribution in [3.63, 3.8) is 0 Å². The van der Waals surface area contributed by atoms with Crippen molar-refractivity contribution in [2.75, 3.05) is 0 Å². The van der Waals surface area contributed by atoms with E-state index < -0.39 is 11.7 Å². The van der Waals surface area contributed by atoms with Crippen LogP contribution < -0.4 is 0 Å². The molecule has 17 heavy (non-hydrogen) atoms. The van der Waals surface area contributed by atoms with E-state index in [2.05, 4.69) is 4.98 Å². The largest absolute Gasteiger partial charge is 0.465 e. The van der Waals surface area contributed by atoms with Crippen LogP contribution in [-0.2, 0) is 5.60 Å². The summed E-state index contributed by atoms with van der Waals surface area (Å²) in [4.78, 5) is 16.8. The van der Waals surface area contributed by atoms with Gasteiger partial charge in [-0.25, -0.2) is 9.78 Å². The fourth-order valence-corrected chi connectivity index (χ4v) is 3.83. The highest BCUT2D eigenvalue weighted by atomic mass is 32.1. The Morgan fingerprint density at radius 1 is 1.47 bits per heavy atom. The highest BCUT2D eigenvalue weighted by Crippen LogP contribution is 2.45. The van der Waals surface area contributed by atoms with Crippen molar-refractivity contribution in [3.8, 4) is 0 Å². The molecule has 0 radical (unpaired) electrons. The number of aromatic nitrogens is 1. The van der Waals surface area contributed by atoms with Gasteiger partial charge in [-0.3, -0.25) is 0 Å². The van der Waals surface area contributed by atoms with E-state index in [0.717, 1.165) is 12.8 Å². The standard InChI is InChI=1S/C11H14N2O3S/c14-10(15)13-7-1-2-8(13)4-11(16,3-7)9-5-17-6-12-9/h5-8,16H,1-4H2,(H,14,15). The van der Waals surface area contributed by atoms with Gasteiger partial charge in [0.05, 0.1) is 11.2 Å². The van der Waals surface area contributed by atoms with Gasteiger partial charge >= 0.3 is 6.09 Å². The van der Waals surface area contributed by atoms with E-state index in [1.807, 2.05) is 5.38 Å². The van der Waals surface area contributed by atoms with Crippen LogP contribution in [0.3, 0.4) is 0 Å². The first kappa shape index (κ1) is 11.0. The molecule has 2 unspecified atom stereocenters. The molecule has 5 nitrogen and oxygen atoms in total. The van der Waals surface area contributed by atoms with Gasteiger partial charge in [0.1, 0.15) is 5.60 Å². The number of thiazole rings is 1. The van der Waals surface area contributed by atoms with E-state index in [9.17, 15) is 9.90 Å². The summed E-state index contributed by atoms with van der Waals surface area (Å²) in [5.41, 5.74) is 1.47. The van der Waals surface area contributed by atoms with Crippen LogP contribution >= 0.6 is 11.3 Å². The highest BCUT2D eigenvalue weighted by Gasteiger charge is 2.50. The average molecular weight is 254 g/mol. The molecule has 1 amide bonds. The Bertz CT molecular complexity index is 420. The smallest absolute Gasteiger partial charge is 0.407 e. The van der Waals surface area contributed by atoms with Crippen molar-refractivity contribution in [2.45, 2.75) is 43.4 Å². The first-order valence-electron chi connectivity index (χ1n) is 5.72.